The number of carbonyl (C=O) groups is 1. The van der Waals surface area contributed by atoms with Crippen LogP contribution in [0.15, 0.2) is 36.5 Å². The van der Waals surface area contributed by atoms with Crippen molar-refractivity contribution in [2.45, 2.75) is 51.2 Å². The van der Waals surface area contributed by atoms with Gasteiger partial charge in [-0.3, -0.25) is 9.69 Å². The predicted octanol–water partition coefficient (Wildman–Crippen LogP) is 4.91. The van der Waals surface area contributed by atoms with Gasteiger partial charge in [-0.2, -0.15) is 0 Å². The van der Waals surface area contributed by atoms with E-state index < -0.39 is 12.6 Å². The number of primary amides is 1. The number of aryl methyl sites for hydroxylation is 1. The summed E-state index contributed by atoms with van der Waals surface area (Å²) in [5.74, 6) is 0.487. The molecule has 5 rings (SSSR count). The number of carbonyl (C=O) groups excluding carboxylic acids is 1. The van der Waals surface area contributed by atoms with E-state index in [-0.39, 0.29) is 11.9 Å². The second-order valence-corrected chi connectivity index (χ2v) is 9.65. The number of halogens is 2. The summed E-state index contributed by atoms with van der Waals surface area (Å²) in [6, 6.07) is 8.20. The summed E-state index contributed by atoms with van der Waals surface area (Å²) >= 11 is 0. The van der Waals surface area contributed by atoms with Crippen LogP contribution in [0.2, 0.25) is 0 Å². The molecule has 0 spiro atoms. The SMILES string of the molecule is NC(=O)c1ccc(CF)c2c1CC(N(CCCCc1c[nH]c3ccc(F)cc13)CC1CC1)CO2. The van der Waals surface area contributed by atoms with Crippen molar-refractivity contribution < 1.29 is 18.3 Å². The molecule has 1 aliphatic heterocycles. The highest BCUT2D eigenvalue weighted by Crippen LogP contribution is 2.36. The van der Waals surface area contributed by atoms with Crippen molar-refractivity contribution in [3.63, 3.8) is 0 Å². The lowest BCUT2D eigenvalue weighted by atomic mass is 9.93. The van der Waals surface area contributed by atoms with Crippen LogP contribution in [0.25, 0.3) is 10.9 Å². The van der Waals surface area contributed by atoms with Crippen LogP contribution >= 0.6 is 0 Å². The minimum Gasteiger partial charge on any atom is -0.491 e. The largest absolute Gasteiger partial charge is 0.491 e. The number of rotatable bonds is 10. The number of nitrogens with one attached hydrogen (secondary N) is 1. The highest BCUT2D eigenvalue weighted by Gasteiger charge is 2.33. The summed E-state index contributed by atoms with van der Waals surface area (Å²) in [7, 11) is 0. The van der Waals surface area contributed by atoms with Crippen LogP contribution in [0.5, 0.6) is 5.75 Å². The average molecular weight is 468 g/mol. The number of alkyl halides is 1. The number of nitrogens with two attached hydrogens (primary N) is 1. The molecule has 3 aromatic rings. The fourth-order valence-corrected chi connectivity index (χ4v) is 5.15. The standard InChI is InChI=1S/C27H31F2N3O2/c28-13-18-6-8-22(27(30)33)24-12-21(16-34-26(18)24)32(15-17-4-5-17)10-2-1-3-19-14-31-25-9-7-20(29)11-23(19)25/h6-9,11,14,17,21,31H,1-5,10,12-13,15-16H2,(H2,30,33). The Hall–Kier alpha value is -2.93. The van der Waals surface area contributed by atoms with E-state index in [1.807, 2.05) is 6.20 Å². The van der Waals surface area contributed by atoms with Gasteiger partial charge in [0.1, 0.15) is 24.8 Å². The van der Waals surface area contributed by atoms with Gasteiger partial charge in [0.15, 0.2) is 0 Å². The van der Waals surface area contributed by atoms with Gasteiger partial charge in [0, 0.05) is 46.4 Å². The van der Waals surface area contributed by atoms with Crippen LogP contribution in [-0.4, -0.2) is 41.5 Å². The van der Waals surface area contributed by atoms with Crippen molar-refractivity contribution in [2.75, 3.05) is 19.7 Å². The van der Waals surface area contributed by atoms with Crippen LogP contribution in [0.1, 0.15) is 52.7 Å². The fraction of sp³-hybridized carbons (Fsp3) is 0.444. The van der Waals surface area contributed by atoms with E-state index in [0.29, 0.717) is 35.8 Å². The maximum atomic E-state index is 13.7. The van der Waals surface area contributed by atoms with Crippen LogP contribution in [0.3, 0.4) is 0 Å². The molecule has 7 heteroatoms. The Morgan fingerprint density at radius 3 is 2.79 bits per heavy atom. The number of hydrogen-bond acceptors (Lipinski definition) is 3. The zero-order valence-electron chi connectivity index (χ0n) is 19.3. The maximum absolute atomic E-state index is 13.7. The molecule has 34 heavy (non-hydrogen) atoms. The first kappa shape index (κ1) is 22.8. The van der Waals surface area contributed by atoms with Crippen LogP contribution in [-0.2, 0) is 19.5 Å². The summed E-state index contributed by atoms with van der Waals surface area (Å²) < 4.78 is 33.2. The van der Waals surface area contributed by atoms with Gasteiger partial charge < -0.3 is 15.5 Å². The molecule has 2 aromatic carbocycles. The van der Waals surface area contributed by atoms with Crippen LogP contribution in [0, 0.1) is 11.7 Å². The smallest absolute Gasteiger partial charge is 0.249 e. The molecule has 1 aromatic heterocycles. The van der Waals surface area contributed by atoms with E-state index in [4.69, 9.17) is 10.5 Å². The molecule has 1 aliphatic carbocycles. The topological polar surface area (TPSA) is 71.4 Å². The van der Waals surface area contributed by atoms with Crippen molar-refractivity contribution >= 4 is 16.8 Å². The molecule has 5 nitrogen and oxygen atoms in total. The van der Waals surface area contributed by atoms with Crippen molar-refractivity contribution in [3.05, 3.63) is 64.6 Å². The van der Waals surface area contributed by atoms with Gasteiger partial charge in [0.2, 0.25) is 5.91 Å². The third-order valence-electron chi connectivity index (χ3n) is 7.19. The Morgan fingerprint density at radius 2 is 2.03 bits per heavy atom. The molecule has 1 amide bonds. The zero-order chi connectivity index (χ0) is 23.7. The van der Waals surface area contributed by atoms with Crippen LogP contribution < -0.4 is 10.5 Å². The second kappa shape index (κ2) is 9.74. The summed E-state index contributed by atoms with van der Waals surface area (Å²) in [4.78, 5) is 17.7. The monoisotopic (exact) mass is 467 g/mol. The molecule has 0 radical (unpaired) electrons. The molecule has 0 saturated heterocycles. The van der Waals surface area contributed by atoms with Gasteiger partial charge in [0.25, 0.3) is 0 Å². The van der Waals surface area contributed by atoms with E-state index >= 15 is 0 Å². The highest BCUT2D eigenvalue weighted by atomic mass is 19.1. The lowest BCUT2D eigenvalue weighted by molar-refractivity contribution is 0.0982. The summed E-state index contributed by atoms with van der Waals surface area (Å²) in [6.45, 7) is 1.79. The van der Waals surface area contributed by atoms with Gasteiger partial charge in [-0.25, -0.2) is 8.78 Å². The second-order valence-electron chi connectivity index (χ2n) is 9.65. The molecule has 2 heterocycles. The van der Waals surface area contributed by atoms with Crippen molar-refractivity contribution in [2.24, 2.45) is 11.7 Å². The van der Waals surface area contributed by atoms with Gasteiger partial charge in [-0.15, -0.1) is 0 Å². The minimum absolute atomic E-state index is 0.128. The maximum Gasteiger partial charge on any atom is 0.249 e. The lowest BCUT2D eigenvalue weighted by Crippen LogP contribution is -2.45. The third kappa shape index (κ3) is 4.80. The molecule has 1 atom stereocenters. The molecule has 1 saturated carbocycles. The van der Waals surface area contributed by atoms with E-state index in [9.17, 15) is 13.6 Å². The number of ether oxygens (including phenoxy) is 1. The van der Waals surface area contributed by atoms with E-state index in [1.54, 1.807) is 24.3 Å². The average Bonchev–Trinajstić information content (AvgIpc) is 3.58. The molecular weight excluding hydrogens is 436 g/mol. The number of aromatic nitrogens is 1. The fourth-order valence-electron chi connectivity index (χ4n) is 5.15. The molecule has 1 fully saturated rings. The molecule has 1 unspecified atom stereocenters. The Bertz CT molecular complexity index is 1190. The number of nitrogens with zero attached hydrogens (tertiary/aromatic N) is 1. The molecule has 0 bridgehead atoms. The zero-order valence-corrected chi connectivity index (χ0v) is 19.3. The third-order valence-corrected chi connectivity index (χ3v) is 7.19. The highest BCUT2D eigenvalue weighted by molar-refractivity contribution is 5.95. The number of aromatic amines is 1. The van der Waals surface area contributed by atoms with Crippen molar-refractivity contribution in [1.82, 2.24) is 9.88 Å². The van der Waals surface area contributed by atoms with Crippen molar-refractivity contribution in [1.29, 1.82) is 0 Å². The number of fused-ring (bicyclic) bond motifs is 2. The van der Waals surface area contributed by atoms with Gasteiger partial charge in [-0.1, -0.05) is 6.07 Å². The normalized spacial score (nSPS) is 17.7. The molecule has 180 valence electrons. The van der Waals surface area contributed by atoms with Crippen LogP contribution in [0.4, 0.5) is 8.78 Å². The Balaban J connectivity index is 1.25. The van der Waals surface area contributed by atoms with Gasteiger partial charge in [0.05, 0.1) is 0 Å². The molecule has 2 aliphatic rings. The Morgan fingerprint density at radius 1 is 1.18 bits per heavy atom. The number of unbranched alkanes of at least 4 members (excludes halogenated alkanes) is 1. The van der Waals surface area contributed by atoms with E-state index in [2.05, 4.69) is 9.88 Å². The number of H-pyrrole nitrogens is 1. The Labute approximate surface area is 198 Å². The number of amides is 1. The molecular formula is C27H31F2N3O2. The first-order valence-electron chi connectivity index (χ1n) is 12.2. The van der Waals surface area contributed by atoms with Crippen molar-refractivity contribution in [3.8, 4) is 5.75 Å². The van der Waals surface area contributed by atoms with Gasteiger partial charge >= 0.3 is 0 Å². The predicted molar refractivity (Wildman–Crippen MR) is 128 cm³/mol. The quantitative estimate of drug-likeness (QED) is 0.416. The first-order valence-corrected chi connectivity index (χ1v) is 12.2. The molecule has 3 N–H and O–H groups in total. The Kier molecular flexibility index (Phi) is 6.55. The van der Waals surface area contributed by atoms with Gasteiger partial charge in [-0.05, 0) is 80.8 Å². The lowest BCUT2D eigenvalue weighted by Gasteiger charge is -2.36. The van der Waals surface area contributed by atoms with E-state index in [0.717, 1.165) is 54.4 Å². The summed E-state index contributed by atoms with van der Waals surface area (Å²) in [5.41, 5.74) is 9.35. The summed E-state index contributed by atoms with van der Waals surface area (Å²) in [6.07, 6.45) is 8.00. The summed E-state index contributed by atoms with van der Waals surface area (Å²) in [5, 5.41) is 0.953. The number of hydrogen-bond donors (Lipinski definition) is 2. The number of benzene rings is 2. The van der Waals surface area contributed by atoms with E-state index in [1.165, 1.54) is 18.9 Å². The first-order chi connectivity index (χ1) is 16.5. The minimum atomic E-state index is -0.629.